The molecular weight excluding hydrogens is 261 g/mol. The molecule has 1 N–H and O–H groups in total. The first-order valence-electron chi connectivity index (χ1n) is 4.76. The van der Waals surface area contributed by atoms with Gasteiger partial charge in [0.25, 0.3) is 5.56 Å². The van der Waals surface area contributed by atoms with Crippen LogP contribution in [-0.2, 0) is 0 Å². The van der Waals surface area contributed by atoms with E-state index < -0.39 is 5.56 Å². The molecule has 0 unspecified atom stereocenters. The highest BCUT2D eigenvalue weighted by Crippen LogP contribution is 2.27. The van der Waals surface area contributed by atoms with E-state index in [1.807, 2.05) is 0 Å². The molecule has 86 valence electrons. The number of aldehydes is 1. The van der Waals surface area contributed by atoms with Crippen molar-refractivity contribution >= 4 is 29.5 Å². The molecule has 0 saturated carbocycles. The molecule has 2 aromatic rings. The van der Waals surface area contributed by atoms with Gasteiger partial charge in [-0.2, -0.15) is 0 Å². The van der Waals surface area contributed by atoms with Crippen LogP contribution in [0.1, 0.15) is 10.4 Å². The smallest absolute Gasteiger partial charge is 0.258 e. The minimum absolute atomic E-state index is 0.0915. The zero-order valence-corrected chi connectivity index (χ0v) is 10.0. The van der Waals surface area contributed by atoms with Crippen molar-refractivity contribution in [2.45, 2.75) is 0 Å². The molecular formula is C12H7Cl2NO2. The number of rotatable bonds is 2. The molecule has 0 radical (unpaired) electrons. The van der Waals surface area contributed by atoms with Gasteiger partial charge in [-0.05, 0) is 29.8 Å². The molecule has 5 heteroatoms. The average Bonchev–Trinajstić information content (AvgIpc) is 2.32. The lowest BCUT2D eigenvalue weighted by Crippen LogP contribution is -2.11. The van der Waals surface area contributed by atoms with Crippen LogP contribution in [0, 0.1) is 0 Å². The van der Waals surface area contributed by atoms with Crippen LogP contribution < -0.4 is 5.56 Å². The van der Waals surface area contributed by atoms with E-state index in [0.29, 0.717) is 22.0 Å². The highest BCUT2D eigenvalue weighted by atomic mass is 35.5. The molecule has 0 aliphatic rings. The van der Waals surface area contributed by atoms with Gasteiger partial charge in [0.15, 0.2) is 6.29 Å². The van der Waals surface area contributed by atoms with Gasteiger partial charge in [0, 0.05) is 5.69 Å². The van der Waals surface area contributed by atoms with E-state index in [1.165, 1.54) is 6.07 Å². The van der Waals surface area contributed by atoms with Crippen molar-refractivity contribution in [3.05, 3.63) is 56.3 Å². The van der Waals surface area contributed by atoms with Gasteiger partial charge in [-0.1, -0.05) is 29.3 Å². The van der Waals surface area contributed by atoms with Crippen molar-refractivity contribution in [1.82, 2.24) is 4.98 Å². The summed E-state index contributed by atoms with van der Waals surface area (Å²) < 4.78 is 0. The maximum Gasteiger partial charge on any atom is 0.258 e. The normalized spacial score (nSPS) is 10.2. The number of carbonyl (C=O) groups excluding carboxylic acids is 1. The van der Waals surface area contributed by atoms with Crippen molar-refractivity contribution < 1.29 is 4.79 Å². The molecule has 0 aliphatic heterocycles. The molecule has 2 rings (SSSR count). The Morgan fingerprint density at radius 2 is 1.82 bits per heavy atom. The topological polar surface area (TPSA) is 49.9 Å². The van der Waals surface area contributed by atoms with Crippen LogP contribution in [0.25, 0.3) is 11.3 Å². The second-order valence-corrected chi connectivity index (χ2v) is 4.22. The number of pyridine rings is 1. The third-order valence-electron chi connectivity index (χ3n) is 2.30. The summed E-state index contributed by atoms with van der Waals surface area (Å²) in [5, 5.41) is 0.853. The Balaban J connectivity index is 2.53. The van der Waals surface area contributed by atoms with Gasteiger partial charge in [0.1, 0.15) is 0 Å². The van der Waals surface area contributed by atoms with Gasteiger partial charge >= 0.3 is 0 Å². The molecule has 0 aliphatic carbocycles. The van der Waals surface area contributed by atoms with E-state index in [-0.39, 0.29) is 5.56 Å². The average molecular weight is 268 g/mol. The second-order valence-electron chi connectivity index (χ2n) is 3.40. The molecule has 17 heavy (non-hydrogen) atoms. The number of hydrogen-bond acceptors (Lipinski definition) is 2. The summed E-state index contributed by atoms with van der Waals surface area (Å²) in [6.45, 7) is 0. The zero-order valence-electron chi connectivity index (χ0n) is 8.54. The molecule has 3 nitrogen and oxygen atoms in total. The van der Waals surface area contributed by atoms with Crippen molar-refractivity contribution in [1.29, 1.82) is 0 Å². The monoisotopic (exact) mass is 267 g/mol. The van der Waals surface area contributed by atoms with Crippen LogP contribution in [0.2, 0.25) is 10.0 Å². The Kier molecular flexibility index (Phi) is 3.31. The highest BCUT2D eigenvalue weighted by molar-refractivity contribution is 6.42. The zero-order chi connectivity index (χ0) is 12.4. The molecule has 0 amide bonds. The summed E-state index contributed by atoms with van der Waals surface area (Å²) in [5.74, 6) is 0. The summed E-state index contributed by atoms with van der Waals surface area (Å²) in [6, 6.07) is 8.13. The van der Waals surface area contributed by atoms with Crippen molar-refractivity contribution in [3.8, 4) is 11.3 Å². The van der Waals surface area contributed by atoms with Gasteiger partial charge in [0.2, 0.25) is 0 Å². The van der Waals surface area contributed by atoms with E-state index >= 15 is 0 Å². The van der Waals surface area contributed by atoms with Crippen LogP contribution in [0.4, 0.5) is 0 Å². The first kappa shape index (κ1) is 11.9. The summed E-state index contributed by atoms with van der Waals surface area (Å²) in [4.78, 5) is 24.6. The van der Waals surface area contributed by atoms with Crippen molar-refractivity contribution in [2.75, 3.05) is 0 Å². The molecule has 0 atom stereocenters. The summed E-state index contributed by atoms with van der Waals surface area (Å²) >= 11 is 11.7. The number of halogens is 2. The molecule has 1 aromatic carbocycles. The fraction of sp³-hybridized carbons (Fsp3) is 0. The third kappa shape index (κ3) is 2.40. The van der Waals surface area contributed by atoms with Crippen LogP contribution in [-0.4, -0.2) is 11.3 Å². The fourth-order valence-corrected chi connectivity index (χ4v) is 1.71. The van der Waals surface area contributed by atoms with E-state index in [2.05, 4.69) is 4.98 Å². The van der Waals surface area contributed by atoms with E-state index in [0.717, 1.165) is 5.56 Å². The second kappa shape index (κ2) is 4.73. The molecule has 0 spiro atoms. The first-order valence-corrected chi connectivity index (χ1v) is 5.51. The fourth-order valence-electron chi connectivity index (χ4n) is 1.41. The van der Waals surface area contributed by atoms with Crippen molar-refractivity contribution in [3.63, 3.8) is 0 Å². The van der Waals surface area contributed by atoms with Gasteiger partial charge in [-0.3, -0.25) is 9.59 Å². The molecule has 0 saturated heterocycles. The summed E-state index contributed by atoms with van der Waals surface area (Å²) in [7, 11) is 0. The first-order chi connectivity index (χ1) is 8.11. The quantitative estimate of drug-likeness (QED) is 0.850. The van der Waals surface area contributed by atoms with E-state index in [9.17, 15) is 9.59 Å². The molecule has 0 bridgehead atoms. The van der Waals surface area contributed by atoms with Crippen LogP contribution in [0.5, 0.6) is 0 Å². The Morgan fingerprint density at radius 1 is 1.06 bits per heavy atom. The molecule has 1 heterocycles. The SMILES string of the molecule is O=Cc1ccc(-c2ccc(Cl)c(Cl)c2)[nH]c1=O. The number of H-pyrrole nitrogens is 1. The minimum atomic E-state index is -0.427. The number of hydrogen-bond donors (Lipinski definition) is 1. The van der Waals surface area contributed by atoms with Crippen LogP contribution >= 0.6 is 23.2 Å². The summed E-state index contributed by atoms with van der Waals surface area (Å²) in [6.07, 6.45) is 0.511. The number of carbonyl (C=O) groups is 1. The molecule has 0 fully saturated rings. The Hall–Kier alpha value is -1.58. The number of aromatic nitrogens is 1. The largest absolute Gasteiger partial charge is 0.321 e. The van der Waals surface area contributed by atoms with E-state index in [1.54, 1.807) is 24.3 Å². The lowest BCUT2D eigenvalue weighted by Gasteiger charge is -2.03. The number of aromatic amines is 1. The number of nitrogens with one attached hydrogen (secondary N) is 1. The van der Waals surface area contributed by atoms with Gasteiger partial charge in [-0.15, -0.1) is 0 Å². The van der Waals surface area contributed by atoms with E-state index in [4.69, 9.17) is 23.2 Å². The van der Waals surface area contributed by atoms with Gasteiger partial charge in [0.05, 0.1) is 15.6 Å². The standard InChI is InChI=1S/C12H7Cl2NO2/c13-9-3-1-7(5-10(9)14)11-4-2-8(6-16)12(17)15-11/h1-6H,(H,15,17). The predicted octanol–water partition coefficient (Wildman–Crippen LogP) is 3.16. The third-order valence-corrected chi connectivity index (χ3v) is 3.04. The van der Waals surface area contributed by atoms with Crippen LogP contribution in [0.15, 0.2) is 35.1 Å². The Bertz CT molecular complexity index is 635. The van der Waals surface area contributed by atoms with Crippen molar-refractivity contribution in [2.24, 2.45) is 0 Å². The highest BCUT2D eigenvalue weighted by Gasteiger charge is 2.04. The maximum atomic E-state index is 11.5. The Labute approximate surface area is 107 Å². The Morgan fingerprint density at radius 3 is 2.41 bits per heavy atom. The predicted molar refractivity (Wildman–Crippen MR) is 67.9 cm³/mol. The van der Waals surface area contributed by atoms with Gasteiger partial charge < -0.3 is 4.98 Å². The lowest BCUT2D eigenvalue weighted by molar-refractivity contribution is 0.112. The summed E-state index contributed by atoms with van der Waals surface area (Å²) in [5.41, 5.74) is 0.977. The lowest BCUT2D eigenvalue weighted by atomic mass is 10.1. The molecule has 1 aromatic heterocycles. The maximum absolute atomic E-state index is 11.5. The van der Waals surface area contributed by atoms with Crippen LogP contribution in [0.3, 0.4) is 0 Å². The minimum Gasteiger partial charge on any atom is -0.321 e. The number of benzene rings is 1. The van der Waals surface area contributed by atoms with Gasteiger partial charge in [-0.25, -0.2) is 0 Å².